The smallest absolute Gasteiger partial charge is 0.265 e. The molecule has 0 aliphatic carbocycles. The van der Waals surface area contributed by atoms with Crippen LogP contribution in [0.1, 0.15) is 34.0 Å². The summed E-state index contributed by atoms with van der Waals surface area (Å²) in [7, 11) is 3.17. The number of nitrogens with one attached hydrogen (secondary N) is 1. The third-order valence-corrected chi connectivity index (χ3v) is 6.69. The molecule has 2 unspecified atom stereocenters. The van der Waals surface area contributed by atoms with Gasteiger partial charge >= 0.3 is 0 Å². The van der Waals surface area contributed by atoms with Crippen molar-refractivity contribution in [1.82, 2.24) is 10.2 Å². The lowest BCUT2D eigenvalue weighted by Crippen LogP contribution is -2.48. The average molecular weight is 421 g/mol. The lowest BCUT2D eigenvalue weighted by Gasteiger charge is -2.29. The minimum Gasteiger partial charge on any atom is -0.493 e. The maximum Gasteiger partial charge on any atom is 0.265 e. The van der Waals surface area contributed by atoms with E-state index >= 15 is 0 Å². The Morgan fingerprint density at radius 3 is 2.64 bits per heavy atom. The summed E-state index contributed by atoms with van der Waals surface area (Å²) in [6.07, 6.45) is 0.851. The van der Waals surface area contributed by atoms with E-state index in [1.807, 2.05) is 36.6 Å². The maximum atomic E-state index is 13.2. The van der Waals surface area contributed by atoms with Crippen LogP contribution in [0.3, 0.4) is 0 Å². The second-order valence-electron chi connectivity index (χ2n) is 6.30. The van der Waals surface area contributed by atoms with E-state index < -0.39 is 6.04 Å². The molecule has 0 radical (unpaired) electrons. The van der Waals surface area contributed by atoms with Crippen molar-refractivity contribution in [3.63, 3.8) is 0 Å². The van der Waals surface area contributed by atoms with Gasteiger partial charge in [-0.25, -0.2) is 0 Å². The van der Waals surface area contributed by atoms with E-state index in [9.17, 15) is 9.59 Å². The molecule has 0 spiro atoms. The van der Waals surface area contributed by atoms with Crippen LogP contribution in [0.2, 0.25) is 0 Å². The van der Waals surface area contributed by atoms with Crippen molar-refractivity contribution in [2.45, 2.75) is 24.8 Å². The summed E-state index contributed by atoms with van der Waals surface area (Å²) < 4.78 is 10.7. The Bertz CT molecular complexity index is 826. The van der Waals surface area contributed by atoms with E-state index in [2.05, 4.69) is 5.32 Å². The van der Waals surface area contributed by atoms with Crippen molar-refractivity contribution in [1.29, 1.82) is 0 Å². The van der Waals surface area contributed by atoms with Crippen molar-refractivity contribution in [2.75, 3.05) is 26.5 Å². The van der Waals surface area contributed by atoms with E-state index in [1.54, 1.807) is 36.9 Å². The molecule has 2 atom stereocenters. The molecule has 1 saturated heterocycles. The molecular formula is C20H24N2O4S2. The summed E-state index contributed by atoms with van der Waals surface area (Å²) in [4.78, 5) is 28.3. The summed E-state index contributed by atoms with van der Waals surface area (Å²) >= 11 is 2.97. The van der Waals surface area contributed by atoms with Gasteiger partial charge in [0.2, 0.25) is 5.91 Å². The summed E-state index contributed by atoms with van der Waals surface area (Å²) in [5, 5.41) is 4.53. The van der Waals surface area contributed by atoms with Gasteiger partial charge in [-0.1, -0.05) is 19.1 Å². The molecule has 0 bridgehead atoms. The predicted octanol–water partition coefficient (Wildman–Crippen LogP) is 3.55. The first-order valence-corrected chi connectivity index (χ1v) is 11.0. The average Bonchev–Trinajstić information content (AvgIpc) is 3.41. The molecule has 6 nitrogen and oxygen atoms in total. The van der Waals surface area contributed by atoms with Crippen molar-refractivity contribution in [2.24, 2.45) is 0 Å². The van der Waals surface area contributed by atoms with Crippen molar-refractivity contribution >= 4 is 34.9 Å². The van der Waals surface area contributed by atoms with Gasteiger partial charge in [-0.05, 0) is 35.6 Å². The number of nitrogens with zero attached hydrogens (tertiary/aromatic N) is 1. The first kappa shape index (κ1) is 20.5. The number of thioether (sulfide) groups is 1. The largest absolute Gasteiger partial charge is 0.493 e. The van der Waals surface area contributed by atoms with E-state index in [4.69, 9.17) is 9.47 Å². The van der Waals surface area contributed by atoms with Gasteiger partial charge < -0.3 is 19.7 Å². The Kier molecular flexibility index (Phi) is 6.85. The summed E-state index contributed by atoms with van der Waals surface area (Å²) in [6, 6.07) is 8.75. The predicted molar refractivity (Wildman–Crippen MR) is 112 cm³/mol. The second kappa shape index (κ2) is 9.34. The Labute approximate surface area is 173 Å². The number of hydrogen-bond acceptors (Lipinski definition) is 6. The number of rotatable bonds is 7. The fraction of sp³-hybridized carbons (Fsp3) is 0.400. The van der Waals surface area contributed by atoms with Crippen molar-refractivity contribution < 1.29 is 19.1 Å². The van der Waals surface area contributed by atoms with Crippen molar-refractivity contribution in [3.05, 3.63) is 46.2 Å². The Morgan fingerprint density at radius 2 is 2.00 bits per heavy atom. The normalized spacial score (nSPS) is 18.8. The topological polar surface area (TPSA) is 67.9 Å². The minimum absolute atomic E-state index is 0.109. The lowest BCUT2D eigenvalue weighted by molar-refractivity contribution is -0.124. The highest BCUT2D eigenvalue weighted by Gasteiger charge is 2.43. The van der Waals surface area contributed by atoms with E-state index in [-0.39, 0.29) is 17.2 Å². The van der Waals surface area contributed by atoms with Gasteiger partial charge in [-0.15, -0.1) is 23.1 Å². The molecule has 150 valence electrons. The molecule has 1 aromatic carbocycles. The zero-order chi connectivity index (χ0) is 20.1. The molecule has 28 heavy (non-hydrogen) atoms. The molecule has 2 amide bonds. The van der Waals surface area contributed by atoms with Gasteiger partial charge in [0, 0.05) is 12.3 Å². The summed E-state index contributed by atoms with van der Waals surface area (Å²) in [5.41, 5.74) is 0.901. The van der Waals surface area contributed by atoms with Crippen molar-refractivity contribution in [3.8, 4) is 11.5 Å². The van der Waals surface area contributed by atoms with Crippen LogP contribution in [0.25, 0.3) is 0 Å². The zero-order valence-corrected chi connectivity index (χ0v) is 17.8. The maximum absolute atomic E-state index is 13.2. The highest BCUT2D eigenvalue weighted by molar-refractivity contribution is 7.99. The molecule has 8 heteroatoms. The highest BCUT2D eigenvalue weighted by atomic mass is 32.2. The first-order valence-electron chi connectivity index (χ1n) is 9.08. The Hall–Kier alpha value is -2.19. The number of amides is 2. The van der Waals surface area contributed by atoms with Gasteiger partial charge in [0.25, 0.3) is 5.91 Å². The van der Waals surface area contributed by atoms with Crippen LogP contribution in [0.5, 0.6) is 11.5 Å². The third kappa shape index (κ3) is 4.12. The van der Waals surface area contributed by atoms with Crippen LogP contribution in [0, 0.1) is 0 Å². The van der Waals surface area contributed by atoms with Gasteiger partial charge in [0.05, 0.1) is 19.1 Å². The summed E-state index contributed by atoms with van der Waals surface area (Å²) in [6.45, 7) is 2.60. The number of carbonyl (C=O) groups excluding carboxylic acids is 2. The standard InChI is InChI=1S/C20H24N2O4S2/c1-4-9-21-18(23)14-12-28-20(22(14)19(24)17-6-5-10-27-17)13-7-8-15(25-2)16(11-13)26-3/h5-8,10-11,14,20H,4,9,12H2,1-3H3,(H,21,23). The number of thiophene rings is 1. The first-order chi connectivity index (χ1) is 13.6. The Balaban J connectivity index is 1.95. The third-order valence-electron chi connectivity index (χ3n) is 4.51. The van der Waals surface area contributed by atoms with Crippen LogP contribution in [0.15, 0.2) is 35.7 Å². The van der Waals surface area contributed by atoms with E-state index in [1.165, 1.54) is 11.3 Å². The highest BCUT2D eigenvalue weighted by Crippen LogP contribution is 2.44. The fourth-order valence-electron chi connectivity index (χ4n) is 3.11. The van der Waals surface area contributed by atoms with Crippen LogP contribution >= 0.6 is 23.1 Å². The van der Waals surface area contributed by atoms with Gasteiger partial charge in [0.1, 0.15) is 11.4 Å². The van der Waals surface area contributed by atoms with Crippen LogP contribution in [-0.4, -0.2) is 49.3 Å². The number of ether oxygens (including phenoxy) is 2. The molecule has 1 aromatic heterocycles. The molecule has 1 N–H and O–H groups in total. The molecule has 0 saturated carbocycles. The SMILES string of the molecule is CCCNC(=O)C1CSC(c2ccc(OC)c(OC)c2)N1C(=O)c1cccs1. The number of hydrogen-bond donors (Lipinski definition) is 1. The van der Waals surface area contributed by atoms with Gasteiger partial charge in [-0.2, -0.15) is 0 Å². The lowest BCUT2D eigenvalue weighted by atomic mass is 10.1. The number of methoxy groups -OCH3 is 2. The minimum atomic E-state index is -0.510. The number of benzene rings is 1. The molecule has 2 heterocycles. The molecule has 3 rings (SSSR count). The monoisotopic (exact) mass is 420 g/mol. The van der Waals surface area contributed by atoms with Crippen LogP contribution < -0.4 is 14.8 Å². The quantitative estimate of drug-likeness (QED) is 0.742. The second-order valence-corrected chi connectivity index (χ2v) is 8.36. The fourth-order valence-corrected chi connectivity index (χ4v) is 5.20. The molecule has 1 aliphatic rings. The molecular weight excluding hydrogens is 396 g/mol. The number of carbonyl (C=O) groups is 2. The Morgan fingerprint density at radius 1 is 1.21 bits per heavy atom. The van der Waals surface area contributed by atoms with Gasteiger partial charge in [0.15, 0.2) is 11.5 Å². The van der Waals surface area contributed by atoms with E-state index in [0.29, 0.717) is 28.7 Å². The molecule has 1 fully saturated rings. The van der Waals surface area contributed by atoms with E-state index in [0.717, 1.165) is 12.0 Å². The molecule has 2 aromatic rings. The van der Waals surface area contributed by atoms with Gasteiger partial charge in [-0.3, -0.25) is 9.59 Å². The summed E-state index contributed by atoms with van der Waals surface area (Å²) in [5.74, 6) is 1.54. The van der Waals surface area contributed by atoms with Crippen LogP contribution in [-0.2, 0) is 4.79 Å². The van der Waals surface area contributed by atoms with Crippen LogP contribution in [0.4, 0.5) is 0 Å². The zero-order valence-electron chi connectivity index (χ0n) is 16.1. The molecule has 1 aliphatic heterocycles.